The SMILES string of the molecule is C/C=C(\CCN(C)C)c1cccc(OC)c1. The van der Waals surface area contributed by atoms with Gasteiger partial charge in [-0.3, -0.25) is 0 Å². The highest BCUT2D eigenvalue weighted by Crippen LogP contribution is 2.22. The molecule has 0 saturated carbocycles. The third-order valence-corrected chi connectivity index (χ3v) is 2.62. The molecule has 2 heteroatoms. The van der Waals surface area contributed by atoms with Crippen LogP contribution in [-0.4, -0.2) is 32.6 Å². The van der Waals surface area contributed by atoms with E-state index in [4.69, 9.17) is 4.74 Å². The molecule has 0 radical (unpaired) electrons. The first-order valence-corrected chi connectivity index (χ1v) is 5.61. The lowest BCUT2D eigenvalue weighted by molar-refractivity contribution is 0.414. The van der Waals surface area contributed by atoms with Gasteiger partial charge in [-0.1, -0.05) is 18.2 Å². The van der Waals surface area contributed by atoms with E-state index in [1.54, 1.807) is 7.11 Å². The van der Waals surface area contributed by atoms with Gasteiger partial charge in [-0.15, -0.1) is 0 Å². The number of ether oxygens (including phenoxy) is 1. The van der Waals surface area contributed by atoms with Crippen LogP contribution in [0.25, 0.3) is 5.57 Å². The first-order valence-electron chi connectivity index (χ1n) is 5.61. The van der Waals surface area contributed by atoms with E-state index in [1.807, 2.05) is 12.1 Å². The zero-order chi connectivity index (χ0) is 12.0. The van der Waals surface area contributed by atoms with Gasteiger partial charge in [-0.25, -0.2) is 0 Å². The highest BCUT2D eigenvalue weighted by atomic mass is 16.5. The Hall–Kier alpha value is -1.28. The summed E-state index contributed by atoms with van der Waals surface area (Å²) in [5.41, 5.74) is 2.62. The summed E-state index contributed by atoms with van der Waals surface area (Å²) >= 11 is 0. The topological polar surface area (TPSA) is 12.5 Å². The molecule has 0 aliphatic heterocycles. The number of hydrogen-bond donors (Lipinski definition) is 0. The Balaban J connectivity index is 2.79. The average molecular weight is 219 g/mol. The summed E-state index contributed by atoms with van der Waals surface area (Å²) < 4.78 is 5.24. The van der Waals surface area contributed by atoms with Crippen LogP contribution in [0.2, 0.25) is 0 Å². The molecule has 0 bridgehead atoms. The third-order valence-electron chi connectivity index (χ3n) is 2.62. The summed E-state index contributed by atoms with van der Waals surface area (Å²) in [7, 11) is 5.89. The summed E-state index contributed by atoms with van der Waals surface area (Å²) in [6, 6.07) is 8.23. The van der Waals surface area contributed by atoms with Crippen LogP contribution >= 0.6 is 0 Å². The average Bonchev–Trinajstić information content (AvgIpc) is 2.30. The molecule has 0 spiro atoms. The van der Waals surface area contributed by atoms with Gasteiger partial charge in [0, 0.05) is 6.54 Å². The maximum absolute atomic E-state index is 5.24. The predicted octanol–water partition coefficient (Wildman–Crippen LogP) is 3.05. The zero-order valence-corrected chi connectivity index (χ0v) is 10.7. The molecule has 0 atom stereocenters. The summed E-state index contributed by atoms with van der Waals surface area (Å²) in [4.78, 5) is 2.20. The van der Waals surface area contributed by atoms with E-state index in [-0.39, 0.29) is 0 Å². The van der Waals surface area contributed by atoms with Crippen molar-refractivity contribution in [2.75, 3.05) is 27.7 Å². The maximum atomic E-state index is 5.24. The Kier molecular flexibility index (Phi) is 5.06. The molecular weight excluding hydrogens is 198 g/mol. The fraction of sp³-hybridized carbons (Fsp3) is 0.429. The lowest BCUT2D eigenvalue weighted by atomic mass is 10.0. The number of benzene rings is 1. The second-order valence-electron chi connectivity index (χ2n) is 4.10. The first kappa shape index (κ1) is 12.8. The number of methoxy groups -OCH3 is 1. The van der Waals surface area contributed by atoms with E-state index in [2.05, 4.69) is 44.1 Å². The zero-order valence-electron chi connectivity index (χ0n) is 10.7. The minimum atomic E-state index is 0.918. The Bertz CT molecular complexity index is 356. The van der Waals surface area contributed by atoms with Crippen molar-refractivity contribution < 1.29 is 4.74 Å². The van der Waals surface area contributed by atoms with Crippen molar-refractivity contribution in [1.29, 1.82) is 0 Å². The molecule has 1 aromatic carbocycles. The quantitative estimate of drug-likeness (QED) is 0.754. The van der Waals surface area contributed by atoms with Gasteiger partial charge < -0.3 is 9.64 Å². The van der Waals surface area contributed by atoms with E-state index >= 15 is 0 Å². The van der Waals surface area contributed by atoms with E-state index in [9.17, 15) is 0 Å². The normalized spacial score (nSPS) is 11.9. The molecule has 0 aliphatic carbocycles. The molecule has 2 nitrogen and oxygen atoms in total. The van der Waals surface area contributed by atoms with Crippen LogP contribution < -0.4 is 4.74 Å². The van der Waals surface area contributed by atoms with Gasteiger partial charge in [-0.2, -0.15) is 0 Å². The molecule has 1 rings (SSSR count). The standard InChI is InChI=1S/C14H21NO/c1-5-12(9-10-15(2)3)13-7-6-8-14(11-13)16-4/h5-8,11H,9-10H2,1-4H3/b12-5+. The van der Waals surface area contributed by atoms with Gasteiger partial charge in [0.15, 0.2) is 0 Å². The molecule has 16 heavy (non-hydrogen) atoms. The van der Waals surface area contributed by atoms with Gasteiger partial charge in [0.1, 0.15) is 5.75 Å². The predicted molar refractivity (Wildman–Crippen MR) is 69.8 cm³/mol. The molecule has 0 aliphatic rings. The monoisotopic (exact) mass is 219 g/mol. The molecule has 0 amide bonds. The van der Waals surface area contributed by atoms with E-state index < -0.39 is 0 Å². The second-order valence-corrected chi connectivity index (χ2v) is 4.10. The summed E-state index contributed by atoms with van der Waals surface area (Å²) in [5.74, 6) is 0.918. The molecule has 0 N–H and O–H groups in total. The molecule has 0 aromatic heterocycles. The van der Waals surface area contributed by atoms with Crippen molar-refractivity contribution in [2.24, 2.45) is 0 Å². The Morgan fingerprint density at radius 1 is 1.38 bits per heavy atom. The molecule has 0 fully saturated rings. The molecular formula is C14H21NO. The fourth-order valence-electron chi connectivity index (χ4n) is 1.62. The summed E-state index contributed by atoms with van der Waals surface area (Å²) in [6.45, 7) is 3.15. The summed E-state index contributed by atoms with van der Waals surface area (Å²) in [6.07, 6.45) is 3.24. The van der Waals surface area contributed by atoms with Gasteiger partial charge in [0.25, 0.3) is 0 Å². The van der Waals surface area contributed by atoms with Crippen LogP contribution in [0.3, 0.4) is 0 Å². The van der Waals surface area contributed by atoms with Crippen molar-refractivity contribution in [3.8, 4) is 5.75 Å². The Labute approximate surface area is 98.5 Å². The lowest BCUT2D eigenvalue weighted by Gasteiger charge is -2.13. The molecule has 0 saturated heterocycles. The van der Waals surface area contributed by atoms with Gasteiger partial charge in [0.2, 0.25) is 0 Å². The van der Waals surface area contributed by atoms with Crippen molar-refractivity contribution in [3.63, 3.8) is 0 Å². The fourth-order valence-corrected chi connectivity index (χ4v) is 1.62. The Morgan fingerprint density at radius 3 is 2.69 bits per heavy atom. The van der Waals surface area contributed by atoms with Crippen molar-refractivity contribution in [2.45, 2.75) is 13.3 Å². The van der Waals surface area contributed by atoms with E-state index in [1.165, 1.54) is 11.1 Å². The van der Waals surface area contributed by atoms with Crippen LogP contribution in [-0.2, 0) is 0 Å². The summed E-state index contributed by atoms with van der Waals surface area (Å²) in [5, 5.41) is 0. The van der Waals surface area contributed by atoms with E-state index in [0.29, 0.717) is 0 Å². The number of nitrogens with zero attached hydrogens (tertiary/aromatic N) is 1. The van der Waals surface area contributed by atoms with Crippen molar-refractivity contribution >= 4 is 5.57 Å². The molecule has 1 aromatic rings. The first-order chi connectivity index (χ1) is 7.67. The number of hydrogen-bond acceptors (Lipinski definition) is 2. The molecule has 0 unspecified atom stereocenters. The third kappa shape index (κ3) is 3.70. The van der Waals surface area contributed by atoms with Gasteiger partial charge in [0.05, 0.1) is 7.11 Å². The highest BCUT2D eigenvalue weighted by molar-refractivity contribution is 5.66. The van der Waals surface area contributed by atoms with Crippen LogP contribution in [0.4, 0.5) is 0 Å². The maximum Gasteiger partial charge on any atom is 0.119 e. The minimum absolute atomic E-state index is 0.918. The van der Waals surface area contributed by atoms with Crippen LogP contribution in [0.5, 0.6) is 5.75 Å². The highest BCUT2D eigenvalue weighted by Gasteiger charge is 2.02. The van der Waals surface area contributed by atoms with Crippen molar-refractivity contribution in [3.05, 3.63) is 35.9 Å². The van der Waals surface area contributed by atoms with Crippen LogP contribution in [0.1, 0.15) is 18.9 Å². The lowest BCUT2D eigenvalue weighted by Crippen LogP contribution is -2.13. The van der Waals surface area contributed by atoms with Gasteiger partial charge in [-0.05, 0) is 50.7 Å². The van der Waals surface area contributed by atoms with E-state index in [0.717, 1.165) is 18.7 Å². The number of rotatable bonds is 5. The minimum Gasteiger partial charge on any atom is -0.497 e. The molecule has 88 valence electrons. The largest absolute Gasteiger partial charge is 0.497 e. The second kappa shape index (κ2) is 6.33. The van der Waals surface area contributed by atoms with Gasteiger partial charge >= 0.3 is 0 Å². The number of allylic oxidation sites excluding steroid dienone is 1. The smallest absolute Gasteiger partial charge is 0.119 e. The van der Waals surface area contributed by atoms with Crippen LogP contribution in [0, 0.1) is 0 Å². The van der Waals surface area contributed by atoms with Crippen molar-refractivity contribution in [1.82, 2.24) is 4.90 Å². The molecule has 0 heterocycles. The van der Waals surface area contributed by atoms with Crippen LogP contribution in [0.15, 0.2) is 30.3 Å². The Morgan fingerprint density at radius 2 is 2.12 bits per heavy atom.